The zero-order valence-electron chi connectivity index (χ0n) is 11.5. The Kier molecular flexibility index (Phi) is 5.16. The first kappa shape index (κ1) is 15.0. The molecule has 0 radical (unpaired) electrons. The van der Waals surface area contributed by atoms with Crippen LogP contribution in [-0.2, 0) is 0 Å². The molecule has 4 heteroatoms. The van der Waals surface area contributed by atoms with E-state index in [4.69, 9.17) is 27.9 Å². The van der Waals surface area contributed by atoms with Crippen molar-refractivity contribution in [2.75, 3.05) is 18.5 Å². The molecule has 0 heterocycles. The fourth-order valence-electron chi connectivity index (χ4n) is 1.88. The lowest BCUT2D eigenvalue weighted by Gasteiger charge is -2.12. The van der Waals surface area contributed by atoms with E-state index in [1.54, 1.807) is 18.2 Å². The number of halogens is 2. The first-order valence-electron chi connectivity index (χ1n) is 6.46. The summed E-state index contributed by atoms with van der Waals surface area (Å²) in [5.41, 5.74) is 3.67. The maximum Gasteiger partial charge on any atom is 0.138 e. The molecule has 0 atom stereocenters. The highest BCUT2D eigenvalue weighted by Gasteiger charge is 2.03. The van der Waals surface area contributed by atoms with Crippen LogP contribution in [0.5, 0.6) is 5.75 Å². The zero-order valence-corrected chi connectivity index (χ0v) is 13.1. The maximum atomic E-state index is 6.04. The molecule has 0 aromatic heterocycles. The molecule has 0 bridgehead atoms. The summed E-state index contributed by atoms with van der Waals surface area (Å²) >= 11 is 11.9. The summed E-state index contributed by atoms with van der Waals surface area (Å²) in [7, 11) is 0. The van der Waals surface area contributed by atoms with Gasteiger partial charge in [-0.2, -0.15) is 0 Å². The molecule has 0 aliphatic carbocycles. The Hall–Kier alpha value is -1.38. The molecule has 20 heavy (non-hydrogen) atoms. The highest BCUT2D eigenvalue weighted by molar-refractivity contribution is 6.35. The fraction of sp³-hybridized carbons (Fsp3) is 0.250. The van der Waals surface area contributed by atoms with E-state index >= 15 is 0 Å². The molecule has 0 unspecified atom stereocenters. The van der Waals surface area contributed by atoms with Gasteiger partial charge in [-0.3, -0.25) is 0 Å². The third-order valence-corrected chi connectivity index (χ3v) is 3.70. The molecule has 2 aromatic carbocycles. The molecule has 0 fully saturated rings. The second-order valence-corrected chi connectivity index (χ2v) is 5.44. The summed E-state index contributed by atoms with van der Waals surface area (Å²) < 4.78 is 5.63. The van der Waals surface area contributed by atoms with Crippen LogP contribution in [0.25, 0.3) is 0 Å². The fourth-order valence-corrected chi connectivity index (χ4v) is 2.34. The van der Waals surface area contributed by atoms with Gasteiger partial charge in [0.15, 0.2) is 0 Å². The van der Waals surface area contributed by atoms with Gasteiger partial charge < -0.3 is 10.1 Å². The Morgan fingerprint density at radius 3 is 2.65 bits per heavy atom. The van der Waals surface area contributed by atoms with Crippen LogP contribution in [0, 0.1) is 13.8 Å². The summed E-state index contributed by atoms with van der Waals surface area (Å²) in [6.07, 6.45) is 0. The van der Waals surface area contributed by atoms with Gasteiger partial charge in [0.05, 0.1) is 5.02 Å². The first-order valence-corrected chi connectivity index (χ1v) is 7.21. The van der Waals surface area contributed by atoms with Crippen molar-refractivity contribution in [3.63, 3.8) is 0 Å². The number of hydrogen-bond donors (Lipinski definition) is 1. The number of rotatable bonds is 5. The van der Waals surface area contributed by atoms with E-state index in [0.717, 1.165) is 5.69 Å². The summed E-state index contributed by atoms with van der Waals surface area (Å²) in [4.78, 5) is 0. The van der Waals surface area contributed by atoms with Crippen LogP contribution < -0.4 is 10.1 Å². The highest BCUT2D eigenvalue weighted by atomic mass is 35.5. The summed E-state index contributed by atoms with van der Waals surface area (Å²) in [5, 5.41) is 4.50. The molecular weight excluding hydrogens is 293 g/mol. The molecule has 106 valence electrons. The predicted octanol–water partition coefficient (Wildman–Crippen LogP) is 5.10. The molecular formula is C16H17Cl2NO. The lowest BCUT2D eigenvalue weighted by Crippen LogP contribution is -2.12. The SMILES string of the molecule is Cc1cccc(NCCOc2ccc(Cl)cc2Cl)c1C. The largest absolute Gasteiger partial charge is 0.490 e. The number of benzene rings is 2. The van der Waals surface area contributed by atoms with Gasteiger partial charge in [-0.05, 0) is 49.2 Å². The molecule has 0 spiro atoms. The van der Waals surface area contributed by atoms with Crippen molar-refractivity contribution in [1.82, 2.24) is 0 Å². The van der Waals surface area contributed by atoms with Gasteiger partial charge in [0, 0.05) is 17.3 Å². The smallest absolute Gasteiger partial charge is 0.138 e. The van der Waals surface area contributed by atoms with E-state index in [2.05, 4.69) is 31.3 Å². The summed E-state index contributed by atoms with van der Waals surface area (Å²) in [6, 6.07) is 11.4. The molecule has 0 saturated carbocycles. The van der Waals surface area contributed by atoms with Crippen molar-refractivity contribution in [3.05, 3.63) is 57.6 Å². The highest BCUT2D eigenvalue weighted by Crippen LogP contribution is 2.27. The standard InChI is InChI=1S/C16H17Cl2NO/c1-11-4-3-5-15(12(11)2)19-8-9-20-16-7-6-13(17)10-14(16)18/h3-7,10,19H,8-9H2,1-2H3. The van der Waals surface area contributed by atoms with Crippen LogP contribution in [0.2, 0.25) is 10.0 Å². The second kappa shape index (κ2) is 6.87. The van der Waals surface area contributed by atoms with Crippen LogP contribution >= 0.6 is 23.2 Å². The topological polar surface area (TPSA) is 21.3 Å². The van der Waals surface area contributed by atoms with Crippen LogP contribution in [0.1, 0.15) is 11.1 Å². The molecule has 2 aromatic rings. The summed E-state index contributed by atoms with van der Waals surface area (Å²) in [5.74, 6) is 0.652. The minimum absolute atomic E-state index is 0.532. The van der Waals surface area contributed by atoms with Crippen molar-refractivity contribution < 1.29 is 4.74 Å². The van der Waals surface area contributed by atoms with Crippen LogP contribution in [0.4, 0.5) is 5.69 Å². The van der Waals surface area contributed by atoms with Crippen LogP contribution in [0.3, 0.4) is 0 Å². The van der Waals surface area contributed by atoms with Gasteiger partial charge in [0.1, 0.15) is 12.4 Å². The van der Waals surface area contributed by atoms with Gasteiger partial charge >= 0.3 is 0 Å². The average molecular weight is 310 g/mol. The predicted molar refractivity (Wildman–Crippen MR) is 86.4 cm³/mol. The third kappa shape index (κ3) is 3.81. The van der Waals surface area contributed by atoms with E-state index in [1.165, 1.54) is 11.1 Å². The first-order chi connectivity index (χ1) is 9.58. The van der Waals surface area contributed by atoms with Crippen molar-refractivity contribution in [1.29, 1.82) is 0 Å². The molecule has 0 saturated heterocycles. The Labute approximate surface area is 129 Å². The third-order valence-electron chi connectivity index (χ3n) is 3.17. The van der Waals surface area contributed by atoms with Gasteiger partial charge in [-0.25, -0.2) is 0 Å². The van der Waals surface area contributed by atoms with Crippen molar-refractivity contribution >= 4 is 28.9 Å². The number of nitrogens with one attached hydrogen (secondary N) is 1. The molecule has 0 amide bonds. The van der Waals surface area contributed by atoms with E-state index < -0.39 is 0 Å². The minimum atomic E-state index is 0.532. The van der Waals surface area contributed by atoms with Crippen LogP contribution in [-0.4, -0.2) is 13.2 Å². The average Bonchev–Trinajstić information content (AvgIpc) is 2.41. The zero-order chi connectivity index (χ0) is 14.5. The van der Waals surface area contributed by atoms with Crippen molar-refractivity contribution in [2.24, 2.45) is 0 Å². The van der Waals surface area contributed by atoms with Gasteiger partial charge in [-0.15, -0.1) is 0 Å². The molecule has 0 aliphatic heterocycles. The maximum absolute atomic E-state index is 6.04. The normalized spacial score (nSPS) is 10.4. The minimum Gasteiger partial charge on any atom is -0.490 e. The Bertz CT molecular complexity index is 599. The number of anilines is 1. The molecule has 1 N–H and O–H groups in total. The quantitative estimate of drug-likeness (QED) is 0.776. The lowest BCUT2D eigenvalue weighted by molar-refractivity contribution is 0.333. The van der Waals surface area contributed by atoms with Gasteiger partial charge in [-0.1, -0.05) is 35.3 Å². The second-order valence-electron chi connectivity index (χ2n) is 4.60. The molecule has 0 aliphatic rings. The van der Waals surface area contributed by atoms with Crippen molar-refractivity contribution in [2.45, 2.75) is 13.8 Å². The van der Waals surface area contributed by atoms with E-state index in [0.29, 0.717) is 28.9 Å². The number of aryl methyl sites for hydroxylation is 1. The Morgan fingerprint density at radius 1 is 1.10 bits per heavy atom. The lowest BCUT2D eigenvalue weighted by atomic mass is 10.1. The van der Waals surface area contributed by atoms with E-state index in [-0.39, 0.29) is 0 Å². The van der Waals surface area contributed by atoms with Gasteiger partial charge in [0.25, 0.3) is 0 Å². The van der Waals surface area contributed by atoms with Gasteiger partial charge in [0.2, 0.25) is 0 Å². The number of ether oxygens (including phenoxy) is 1. The Balaban J connectivity index is 1.86. The Morgan fingerprint density at radius 2 is 1.90 bits per heavy atom. The molecule has 2 rings (SSSR count). The van der Waals surface area contributed by atoms with Crippen LogP contribution in [0.15, 0.2) is 36.4 Å². The van der Waals surface area contributed by atoms with Crippen molar-refractivity contribution in [3.8, 4) is 5.75 Å². The number of hydrogen-bond acceptors (Lipinski definition) is 2. The monoisotopic (exact) mass is 309 g/mol. The summed E-state index contributed by atoms with van der Waals surface area (Å²) in [6.45, 7) is 5.46. The van der Waals surface area contributed by atoms with E-state index in [1.807, 2.05) is 6.07 Å². The van der Waals surface area contributed by atoms with E-state index in [9.17, 15) is 0 Å². The molecule has 2 nitrogen and oxygen atoms in total.